The van der Waals surface area contributed by atoms with Crippen molar-refractivity contribution >= 4 is 22.5 Å². The molecule has 0 saturated heterocycles. The fourth-order valence-electron chi connectivity index (χ4n) is 2.84. The minimum Gasteiger partial charge on any atom is -0.455 e. The first kappa shape index (κ1) is 18.4. The van der Waals surface area contributed by atoms with Gasteiger partial charge in [-0.3, -0.25) is 9.59 Å². The van der Waals surface area contributed by atoms with Gasteiger partial charge in [0.15, 0.2) is 5.75 Å². The second-order valence-corrected chi connectivity index (χ2v) is 6.53. The molecule has 0 aliphatic rings. The van der Waals surface area contributed by atoms with E-state index < -0.39 is 5.91 Å². The van der Waals surface area contributed by atoms with Crippen molar-refractivity contribution in [1.29, 1.82) is 0 Å². The van der Waals surface area contributed by atoms with Crippen LogP contribution in [0, 0.1) is 6.92 Å². The van der Waals surface area contributed by atoms with Crippen molar-refractivity contribution < 1.29 is 9.53 Å². The third-order valence-corrected chi connectivity index (χ3v) is 4.33. The summed E-state index contributed by atoms with van der Waals surface area (Å²) in [6, 6.07) is 21.6. The molecular weight excluding hydrogens is 368 g/mol. The maximum absolute atomic E-state index is 12.5. The zero-order chi connectivity index (χ0) is 20.2. The third-order valence-electron chi connectivity index (χ3n) is 4.33. The highest BCUT2D eigenvalue weighted by Gasteiger charge is 2.12. The van der Waals surface area contributed by atoms with Crippen molar-refractivity contribution in [2.24, 2.45) is 0 Å². The smallest absolute Gasteiger partial charge is 0.278 e. The number of rotatable bonds is 5. The molecule has 1 heterocycles. The normalized spacial score (nSPS) is 10.7. The highest BCUT2D eigenvalue weighted by molar-refractivity contribution is 5.92. The first-order chi connectivity index (χ1) is 14.1. The molecule has 0 bridgehead atoms. The van der Waals surface area contributed by atoms with Gasteiger partial charge < -0.3 is 10.1 Å². The first-order valence-corrected chi connectivity index (χ1v) is 9.06. The molecule has 1 N–H and O–H groups in total. The summed E-state index contributed by atoms with van der Waals surface area (Å²) in [5.74, 6) is 0.757. The molecule has 144 valence electrons. The number of benzene rings is 3. The zero-order valence-corrected chi connectivity index (χ0v) is 15.7. The summed E-state index contributed by atoms with van der Waals surface area (Å²) in [6.45, 7) is 1.74. The number of para-hydroxylation sites is 2. The summed E-state index contributed by atoms with van der Waals surface area (Å²) in [5, 5.41) is 11.0. The molecule has 1 aromatic heterocycles. The summed E-state index contributed by atoms with van der Waals surface area (Å²) >= 11 is 0. The molecule has 0 aliphatic carbocycles. The van der Waals surface area contributed by atoms with Crippen LogP contribution in [-0.4, -0.2) is 20.9 Å². The van der Waals surface area contributed by atoms with Gasteiger partial charge in [0, 0.05) is 0 Å². The van der Waals surface area contributed by atoms with E-state index in [4.69, 9.17) is 4.74 Å². The van der Waals surface area contributed by atoms with Crippen molar-refractivity contribution in [2.75, 3.05) is 5.32 Å². The van der Waals surface area contributed by atoms with Gasteiger partial charge in [0.1, 0.15) is 17.8 Å². The minimum absolute atomic E-state index is 0.254. The molecule has 0 radical (unpaired) electrons. The molecule has 4 aromatic rings. The Bertz CT molecular complexity index is 1230. The van der Waals surface area contributed by atoms with Crippen LogP contribution in [0.3, 0.4) is 0 Å². The van der Waals surface area contributed by atoms with Crippen molar-refractivity contribution in [3.05, 3.63) is 88.7 Å². The molecule has 3 aromatic carbocycles. The number of nitrogens with zero attached hydrogens (tertiary/aromatic N) is 3. The van der Waals surface area contributed by atoms with E-state index in [1.54, 1.807) is 42.5 Å². The predicted octanol–water partition coefficient (Wildman–Crippen LogP) is 3.53. The van der Waals surface area contributed by atoms with Crippen LogP contribution in [0.4, 0.5) is 5.69 Å². The molecule has 4 rings (SSSR count). The van der Waals surface area contributed by atoms with Gasteiger partial charge in [0.25, 0.3) is 5.56 Å². The molecule has 0 atom stereocenters. The minimum atomic E-state index is -0.406. The van der Waals surface area contributed by atoms with Gasteiger partial charge in [-0.05, 0) is 43.3 Å². The lowest BCUT2D eigenvalue weighted by Gasteiger charge is -2.12. The van der Waals surface area contributed by atoms with Gasteiger partial charge >= 0.3 is 0 Å². The lowest BCUT2D eigenvalue weighted by atomic mass is 10.2. The Morgan fingerprint density at radius 3 is 2.55 bits per heavy atom. The molecule has 0 aliphatic heterocycles. The van der Waals surface area contributed by atoms with Crippen LogP contribution in [-0.2, 0) is 11.3 Å². The van der Waals surface area contributed by atoms with Crippen LogP contribution < -0.4 is 15.6 Å². The lowest BCUT2D eigenvalue weighted by molar-refractivity contribution is -0.117. The molecule has 1 amide bonds. The summed E-state index contributed by atoms with van der Waals surface area (Å²) in [5.41, 5.74) is 1.75. The number of hydrogen-bond acceptors (Lipinski definition) is 5. The van der Waals surface area contributed by atoms with Gasteiger partial charge in [-0.15, -0.1) is 5.10 Å². The quantitative estimate of drug-likeness (QED) is 0.567. The third kappa shape index (κ3) is 4.14. The summed E-state index contributed by atoms with van der Waals surface area (Å²) in [7, 11) is 0. The molecule has 0 spiro atoms. The van der Waals surface area contributed by atoms with Gasteiger partial charge in [0.2, 0.25) is 5.91 Å². The number of hydrogen-bond donors (Lipinski definition) is 1. The predicted molar refractivity (Wildman–Crippen MR) is 110 cm³/mol. The Labute approximate surface area is 166 Å². The highest BCUT2D eigenvalue weighted by atomic mass is 16.5. The Balaban J connectivity index is 1.53. The number of anilines is 1. The lowest BCUT2D eigenvalue weighted by Crippen LogP contribution is -2.30. The summed E-state index contributed by atoms with van der Waals surface area (Å²) in [6.07, 6.45) is 0. The molecular formula is C22H18N4O3. The van der Waals surface area contributed by atoms with Crippen LogP contribution >= 0.6 is 0 Å². The van der Waals surface area contributed by atoms with E-state index in [9.17, 15) is 9.59 Å². The van der Waals surface area contributed by atoms with Gasteiger partial charge in [-0.25, -0.2) is 4.68 Å². The number of carbonyl (C=O) groups excluding carboxylic acids is 1. The van der Waals surface area contributed by atoms with Crippen LogP contribution in [0.25, 0.3) is 10.9 Å². The van der Waals surface area contributed by atoms with E-state index in [1.807, 2.05) is 37.3 Å². The fourth-order valence-corrected chi connectivity index (χ4v) is 2.84. The van der Waals surface area contributed by atoms with Crippen molar-refractivity contribution in [1.82, 2.24) is 15.0 Å². The zero-order valence-electron chi connectivity index (χ0n) is 15.7. The number of nitrogens with one attached hydrogen (secondary N) is 1. The van der Waals surface area contributed by atoms with E-state index in [0.29, 0.717) is 28.1 Å². The highest BCUT2D eigenvalue weighted by Crippen LogP contribution is 2.29. The second kappa shape index (κ2) is 7.93. The van der Waals surface area contributed by atoms with Gasteiger partial charge in [-0.1, -0.05) is 47.2 Å². The molecule has 7 nitrogen and oxygen atoms in total. The topological polar surface area (TPSA) is 86.1 Å². The van der Waals surface area contributed by atoms with E-state index >= 15 is 0 Å². The van der Waals surface area contributed by atoms with E-state index in [0.717, 1.165) is 10.2 Å². The second-order valence-electron chi connectivity index (χ2n) is 6.53. The number of amides is 1. The van der Waals surface area contributed by atoms with Crippen LogP contribution in [0.5, 0.6) is 11.5 Å². The Hall–Kier alpha value is -4.00. The van der Waals surface area contributed by atoms with Gasteiger partial charge in [-0.2, -0.15) is 0 Å². The van der Waals surface area contributed by atoms with E-state index in [1.165, 1.54) is 0 Å². The monoisotopic (exact) mass is 386 g/mol. The number of fused-ring (bicyclic) bond motifs is 1. The van der Waals surface area contributed by atoms with E-state index in [-0.39, 0.29) is 12.1 Å². The van der Waals surface area contributed by atoms with Crippen molar-refractivity contribution in [2.45, 2.75) is 13.5 Å². The van der Waals surface area contributed by atoms with E-state index in [2.05, 4.69) is 15.6 Å². The first-order valence-electron chi connectivity index (χ1n) is 9.06. The average molecular weight is 386 g/mol. The summed E-state index contributed by atoms with van der Waals surface area (Å²) in [4.78, 5) is 25.0. The molecule has 7 heteroatoms. The Morgan fingerprint density at radius 1 is 1.00 bits per heavy atom. The number of aryl methyl sites for hydroxylation is 1. The molecule has 0 fully saturated rings. The maximum Gasteiger partial charge on any atom is 0.278 e. The Morgan fingerprint density at radius 2 is 1.72 bits per heavy atom. The largest absolute Gasteiger partial charge is 0.455 e. The number of ether oxygens (including phenoxy) is 1. The Kier molecular flexibility index (Phi) is 5.03. The summed E-state index contributed by atoms with van der Waals surface area (Å²) < 4.78 is 6.93. The van der Waals surface area contributed by atoms with Crippen LogP contribution in [0.2, 0.25) is 0 Å². The van der Waals surface area contributed by atoms with Crippen molar-refractivity contribution in [3.8, 4) is 11.5 Å². The van der Waals surface area contributed by atoms with Crippen molar-refractivity contribution in [3.63, 3.8) is 0 Å². The number of aromatic nitrogens is 3. The van der Waals surface area contributed by atoms with Crippen LogP contribution in [0.15, 0.2) is 77.6 Å². The molecule has 0 saturated carbocycles. The number of carbonyl (C=O) groups is 1. The average Bonchev–Trinajstić information content (AvgIpc) is 2.73. The standard InChI is InChI=1S/C22H18N4O3/c1-15-10-12-16(13-11-15)29-20-9-5-4-8-19(20)23-21(27)14-26-22(28)17-6-2-3-7-18(17)24-25-26/h2-13H,14H2,1H3,(H,23,27). The molecule has 29 heavy (non-hydrogen) atoms. The fraction of sp³-hybridized carbons (Fsp3) is 0.0909. The SMILES string of the molecule is Cc1ccc(Oc2ccccc2NC(=O)Cn2nnc3ccccc3c2=O)cc1. The maximum atomic E-state index is 12.5. The molecule has 0 unspecified atom stereocenters. The van der Waals surface area contributed by atoms with Gasteiger partial charge in [0.05, 0.1) is 11.1 Å². The van der Waals surface area contributed by atoms with Crippen LogP contribution in [0.1, 0.15) is 5.56 Å².